The van der Waals surface area contributed by atoms with Crippen LogP contribution in [0.5, 0.6) is 0 Å². The average molecular weight is 425 g/mol. The molecule has 0 amide bonds. The molecule has 1 atom stereocenters. The summed E-state index contributed by atoms with van der Waals surface area (Å²) in [6, 6.07) is 19.6. The summed E-state index contributed by atoms with van der Waals surface area (Å²) in [5.41, 5.74) is 4.59. The first-order valence-corrected chi connectivity index (χ1v) is 11.9. The molecule has 1 aromatic heterocycles. The van der Waals surface area contributed by atoms with Crippen molar-refractivity contribution in [1.82, 2.24) is 8.87 Å². The number of rotatable bonds is 6. The third kappa shape index (κ3) is 4.51. The molecule has 0 radical (unpaired) electrons. The second-order valence-electron chi connectivity index (χ2n) is 7.97. The summed E-state index contributed by atoms with van der Waals surface area (Å²) in [4.78, 5) is 0.277. The molecule has 1 fully saturated rings. The Labute approximate surface area is 178 Å². The predicted octanol–water partition coefficient (Wildman–Crippen LogP) is 3.85. The number of aryl methyl sites for hydroxylation is 3. The molecule has 1 N–H and O–H groups in total. The Kier molecular flexibility index (Phi) is 6.09. The Bertz CT molecular complexity index is 1090. The van der Waals surface area contributed by atoms with Crippen LogP contribution in [-0.4, -0.2) is 41.6 Å². The second-order valence-corrected chi connectivity index (χ2v) is 9.91. The molecule has 2 aromatic carbocycles. The Balaban J connectivity index is 1.44. The van der Waals surface area contributed by atoms with Crippen molar-refractivity contribution in [2.45, 2.75) is 43.7 Å². The monoisotopic (exact) mass is 424 g/mol. The van der Waals surface area contributed by atoms with Crippen LogP contribution < -0.4 is 0 Å². The van der Waals surface area contributed by atoms with Gasteiger partial charge in [-0.1, -0.05) is 36.4 Å². The van der Waals surface area contributed by atoms with Crippen LogP contribution in [-0.2, 0) is 23.0 Å². The van der Waals surface area contributed by atoms with Crippen LogP contribution in [0.3, 0.4) is 0 Å². The minimum atomic E-state index is -3.56. The van der Waals surface area contributed by atoms with Crippen LogP contribution in [0.4, 0.5) is 0 Å². The van der Waals surface area contributed by atoms with Crippen molar-refractivity contribution >= 4 is 10.0 Å². The minimum absolute atomic E-state index is 0.175. The summed E-state index contributed by atoms with van der Waals surface area (Å²) in [7, 11) is -3.56. The highest BCUT2D eigenvalue weighted by molar-refractivity contribution is 7.89. The Morgan fingerprint density at radius 1 is 1.00 bits per heavy atom. The van der Waals surface area contributed by atoms with E-state index in [4.69, 9.17) is 0 Å². The molecular formula is C24H28N2O3S. The molecule has 0 spiro atoms. The SMILES string of the molecule is Cc1cccn1CCc1ccc(-c2ccc(S(=O)(=O)N3CCCC(O)C3)cc2)cc1. The minimum Gasteiger partial charge on any atom is -0.392 e. The van der Waals surface area contributed by atoms with Crippen molar-refractivity contribution in [1.29, 1.82) is 0 Å². The van der Waals surface area contributed by atoms with Gasteiger partial charge in [-0.2, -0.15) is 4.31 Å². The lowest BCUT2D eigenvalue weighted by Gasteiger charge is -2.29. The molecular weight excluding hydrogens is 396 g/mol. The van der Waals surface area contributed by atoms with Crippen LogP contribution >= 0.6 is 0 Å². The molecule has 3 aromatic rings. The third-order valence-corrected chi connectivity index (χ3v) is 7.72. The predicted molar refractivity (Wildman–Crippen MR) is 119 cm³/mol. The molecule has 1 aliphatic rings. The smallest absolute Gasteiger partial charge is 0.243 e. The summed E-state index contributed by atoms with van der Waals surface area (Å²) in [6.45, 7) is 3.70. The molecule has 0 saturated carbocycles. The number of nitrogens with zero attached hydrogens (tertiary/aromatic N) is 2. The van der Waals surface area contributed by atoms with E-state index in [0.717, 1.165) is 24.1 Å². The fourth-order valence-electron chi connectivity index (χ4n) is 3.97. The summed E-state index contributed by atoms with van der Waals surface area (Å²) in [6.07, 6.45) is 3.84. The van der Waals surface area contributed by atoms with E-state index in [1.807, 2.05) is 12.1 Å². The average Bonchev–Trinajstić information content (AvgIpc) is 3.17. The normalized spacial score (nSPS) is 17.9. The van der Waals surface area contributed by atoms with Gasteiger partial charge in [0.2, 0.25) is 10.0 Å². The van der Waals surface area contributed by atoms with E-state index in [-0.39, 0.29) is 11.4 Å². The molecule has 30 heavy (non-hydrogen) atoms. The topological polar surface area (TPSA) is 62.5 Å². The zero-order valence-corrected chi connectivity index (χ0v) is 18.1. The van der Waals surface area contributed by atoms with Gasteiger partial charge in [0.1, 0.15) is 0 Å². The molecule has 0 bridgehead atoms. The lowest BCUT2D eigenvalue weighted by molar-refractivity contribution is 0.108. The Hall–Kier alpha value is -2.41. The van der Waals surface area contributed by atoms with Crippen LogP contribution in [0.1, 0.15) is 24.1 Å². The number of hydrogen-bond donors (Lipinski definition) is 1. The Morgan fingerprint density at radius 3 is 2.27 bits per heavy atom. The molecule has 5 nitrogen and oxygen atoms in total. The van der Waals surface area contributed by atoms with E-state index in [2.05, 4.69) is 54.1 Å². The van der Waals surface area contributed by atoms with E-state index in [1.54, 1.807) is 12.1 Å². The number of β-amino-alcohol motifs (C(OH)–C–C–N with tert-alkyl or cyclic N) is 1. The van der Waals surface area contributed by atoms with Gasteiger partial charge in [-0.05, 0) is 67.1 Å². The first kappa shape index (κ1) is 20.8. The molecule has 1 unspecified atom stereocenters. The van der Waals surface area contributed by atoms with Gasteiger partial charge in [0, 0.05) is 31.5 Å². The standard InChI is InChI=1S/C24H28N2O3S/c1-19-4-2-15-25(19)17-14-20-6-8-21(9-7-20)22-10-12-24(13-11-22)30(28,29)26-16-3-5-23(27)18-26/h2,4,6-13,15,23,27H,3,5,14,16-18H2,1H3. The van der Waals surface area contributed by atoms with Gasteiger partial charge in [-0.3, -0.25) is 0 Å². The first-order chi connectivity index (χ1) is 14.4. The molecule has 0 aliphatic carbocycles. The van der Waals surface area contributed by atoms with Gasteiger partial charge in [0.25, 0.3) is 0 Å². The second kappa shape index (κ2) is 8.76. The summed E-state index contributed by atoms with van der Waals surface area (Å²) in [5, 5.41) is 9.80. The van der Waals surface area contributed by atoms with Crippen LogP contribution in [0.25, 0.3) is 11.1 Å². The Morgan fingerprint density at radius 2 is 1.67 bits per heavy atom. The number of aliphatic hydroxyl groups is 1. The molecule has 1 saturated heterocycles. The van der Waals surface area contributed by atoms with Gasteiger partial charge in [0.15, 0.2) is 0 Å². The third-order valence-electron chi connectivity index (χ3n) is 5.84. The van der Waals surface area contributed by atoms with Crippen LogP contribution in [0.2, 0.25) is 0 Å². The van der Waals surface area contributed by atoms with E-state index < -0.39 is 16.1 Å². The largest absolute Gasteiger partial charge is 0.392 e. The molecule has 6 heteroatoms. The fourth-order valence-corrected chi connectivity index (χ4v) is 5.49. The van der Waals surface area contributed by atoms with Gasteiger partial charge >= 0.3 is 0 Å². The van der Waals surface area contributed by atoms with Gasteiger partial charge in [0.05, 0.1) is 11.0 Å². The number of aromatic nitrogens is 1. The maximum atomic E-state index is 12.8. The van der Waals surface area contributed by atoms with Crippen molar-refractivity contribution in [2.24, 2.45) is 0 Å². The number of hydrogen-bond acceptors (Lipinski definition) is 3. The molecule has 158 valence electrons. The van der Waals surface area contributed by atoms with Crippen LogP contribution in [0.15, 0.2) is 71.8 Å². The number of aliphatic hydroxyl groups excluding tert-OH is 1. The molecule has 1 aliphatic heterocycles. The quantitative estimate of drug-likeness (QED) is 0.654. The fraction of sp³-hybridized carbons (Fsp3) is 0.333. The zero-order valence-electron chi connectivity index (χ0n) is 17.2. The summed E-state index contributed by atoms with van der Waals surface area (Å²) in [5.74, 6) is 0. The zero-order chi connectivity index (χ0) is 21.1. The van der Waals surface area contributed by atoms with Crippen molar-refractivity contribution in [3.63, 3.8) is 0 Å². The maximum absolute atomic E-state index is 12.8. The highest BCUT2D eigenvalue weighted by Crippen LogP contribution is 2.25. The van der Waals surface area contributed by atoms with Crippen molar-refractivity contribution in [3.05, 3.63) is 78.1 Å². The van der Waals surface area contributed by atoms with E-state index in [1.165, 1.54) is 15.6 Å². The van der Waals surface area contributed by atoms with Crippen molar-refractivity contribution in [3.8, 4) is 11.1 Å². The molecule has 2 heterocycles. The van der Waals surface area contributed by atoms with E-state index in [0.29, 0.717) is 19.4 Å². The highest BCUT2D eigenvalue weighted by atomic mass is 32.2. The van der Waals surface area contributed by atoms with E-state index >= 15 is 0 Å². The lowest BCUT2D eigenvalue weighted by atomic mass is 10.0. The number of piperidine rings is 1. The lowest BCUT2D eigenvalue weighted by Crippen LogP contribution is -2.42. The van der Waals surface area contributed by atoms with Crippen LogP contribution in [0, 0.1) is 6.92 Å². The van der Waals surface area contributed by atoms with E-state index in [9.17, 15) is 13.5 Å². The molecule has 4 rings (SSSR count). The van der Waals surface area contributed by atoms with Crippen molar-refractivity contribution in [2.75, 3.05) is 13.1 Å². The van der Waals surface area contributed by atoms with Gasteiger partial charge in [-0.25, -0.2) is 8.42 Å². The number of sulfonamides is 1. The number of benzene rings is 2. The highest BCUT2D eigenvalue weighted by Gasteiger charge is 2.29. The summed E-state index contributed by atoms with van der Waals surface area (Å²) >= 11 is 0. The maximum Gasteiger partial charge on any atom is 0.243 e. The van der Waals surface area contributed by atoms with Gasteiger partial charge in [-0.15, -0.1) is 0 Å². The van der Waals surface area contributed by atoms with Crippen molar-refractivity contribution < 1.29 is 13.5 Å². The van der Waals surface area contributed by atoms with Gasteiger partial charge < -0.3 is 9.67 Å². The summed E-state index contributed by atoms with van der Waals surface area (Å²) < 4.78 is 29.3. The first-order valence-electron chi connectivity index (χ1n) is 10.4.